The molecule has 0 heterocycles. The Bertz CT molecular complexity index is 343. The van der Waals surface area contributed by atoms with Crippen LogP contribution < -0.4 is 5.73 Å². The first-order valence-electron chi connectivity index (χ1n) is 6.26. The van der Waals surface area contributed by atoms with Crippen LogP contribution in [-0.2, 0) is 6.54 Å². The van der Waals surface area contributed by atoms with Gasteiger partial charge in [0.2, 0.25) is 0 Å². The number of thioether (sulfide) groups is 1. The summed E-state index contributed by atoms with van der Waals surface area (Å²) < 4.78 is 0. The zero-order valence-corrected chi connectivity index (χ0v) is 10.9. The molecule has 2 N–H and O–H groups in total. The molecule has 1 aromatic rings. The van der Waals surface area contributed by atoms with E-state index in [1.54, 1.807) is 0 Å². The fourth-order valence-electron chi connectivity index (χ4n) is 2.33. The topological polar surface area (TPSA) is 26.0 Å². The van der Waals surface area contributed by atoms with E-state index in [9.17, 15) is 0 Å². The molecule has 2 heteroatoms. The van der Waals surface area contributed by atoms with Gasteiger partial charge in [-0.25, -0.2) is 0 Å². The van der Waals surface area contributed by atoms with Crippen molar-refractivity contribution in [2.75, 3.05) is 0 Å². The zero-order chi connectivity index (χ0) is 11.4. The summed E-state index contributed by atoms with van der Waals surface area (Å²) in [6.07, 6.45) is 7.04. The average Bonchev–Trinajstić information content (AvgIpc) is 2.33. The molecule has 16 heavy (non-hydrogen) atoms. The molecule has 0 spiro atoms. The van der Waals surface area contributed by atoms with Crippen LogP contribution in [0, 0.1) is 6.92 Å². The number of aryl methyl sites for hydroxylation is 1. The summed E-state index contributed by atoms with van der Waals surface area (Å²) in [7, 11) is 0. The van der Waals surface area contributed by atoms with Crippen molar-refractivity contribution in [1.29, 1.82) is 0 Å². The van der Waals surface area contributed by atoms with Crippen LogP contribution in [-0.4, -0.2) is 5.25 Å². The normalized spacial score (nSPS) is 17.6. The minimum absolute atomic E-state index is 0.648. The van der Waals surface area contributed by atoms with Gasteiger partial charge in [-0.2, -0.15) is 0 Å². The third-order valence-electron chi connectivity index (χ3n) is 3.32. The highest BCUT2D eigenvalue weighted by molar-refractivity contribution is 8.00. The molecule has 0 saturated heterocycles. The average molecular weight is 235 g/mol. The van der Waals surface area contributed by atoms with Crippen LogP contribution in [0.1, 0.15) is 43.2 Å². The standard InChI is InChI=1S/C14H21NS/c1-11-9-12(10-15)7-8-14(11)16-13-5-3-2-4-6-13/h7-9,13H,2-6,10,15H2,1H3. The lowest BCUT2D eigenvalue weighted by molar-refractivity contribution is 0.516. The summed E-state index contributed by atoms with van der Waals surface area (Å²) >= 11 is 2.07. The fourth-order valence-corrected chi connectivity index (χ4v) is 3.65. The Morgan fingerprint density at radius 3 is 2.62 bits per heavy atom. The van der Waals surface area contributed by atoms with Gasteiger partial charge in [0.05, 0.1) is 0 Å². The maximum Gasteiger partial charge on any atom is 0.0178 e. The molecule has 88 valence electrons. The van der Waals surface area contributed by atoms with Gasteiger partial charge < -0.3 is 5.73 Å². The van der Waals surface area contributed by atoms with Crippen molar-refractivity contribution in [2.45, 2.75) is 55.7 Å². The smallest absolute Gasteiger partial charge is 0.0178 e. The Morgan fingerprint density at radius 1 is 1.25 bits per heavy atom. The number of hydrogen-bond acceptors (Lipinski definition) is 2. The van der Waals surface area contributed by atoms with E-state index in [4.69, 9.17) is 5.73 Å². The van der Waals surface area contributed by atoms with Gasteiger partial charge >= 0.3 is 0 Å². The fraction of sp³-hybridized carbons (Fsp3) is 0.571. The second-order valence-corrected chi connectivity index (χ2v) is 6.02. The molecule has 0 atom stereocenters. The molecule has 0 bridgehead atoms. The lowest BCUT2D eigenvalue weighted by Gasteiger charge is -2.21. The molecule has 1 nitrogen and oxygen atoms in total. The summed E-state index contributed by atoms with van der Waals surface area (Å²) in [5.41, 5.74) is 8.27. The van der Waals surface area contributed by atoms with Crippen LogP contribution in [0.3, 0.4) is 0 Å². The van der Waals surface area contributed by atoms with Crippen molar-refractivity contribution >= 4 is 11.8 Å². The second-order valence-electron chi connectivity index (χ2n) is 4.68. The van der Waals surface area contributed by atoms with E-state index in [0.717, 1.165) is 5.25 Å². The van der Waals surface area contributed by atoms with Gasteiger partial charge in [0.1, 0.15) is 0 Å². The van der Waals surface area contributed by atoms with Crippen molar-refractivity contribution in [3.63, 3.8) is 0 Å². The highest BCUT2D eigenvalue weighted by atomic mass is 32.2. The molecular formula is C14H21NS. The first-order chi connectivity index (χ1) is 7.79. The molecule has 1 aliphatic carbocycles. The Morgan fingerprint density at radius 2 is 2.00 bits per heavy atom. The van der Waals surface area contributed by atoms with Crippen LogP contribution in [0.4, 0.5) is 0 Å². The van der Waals surface area contributed by atoms with Gasteiger partial charge in [0.25, 0.3) is 0 Å². The van der Waals surface area contributed by atoms with Crippen molar-refractivity contribution in [3.05, 3.63) is 29.3 Å². The minimum Gasteiger partial charge on any atom is -0.326 e. The van der Waals surface area contributed by atoms with Crippen LogP contribution in [0.2, 0.25) is 0 Å². The van der Waals surface area contributed by atoms with Crippen molar-refractivity contribution in [3.8, 4) is 0 Å². The molecule has 0 amide bonds. The molecule has 0 unspecified atom stereocenters. The van der Waals surface area contributed by atoms with Crippen molar-refractivity contribution in [1.82, 2.24) is 0 Å². The highest BCUT2D eigenvalue weighted by Crippen LogP contribution is 2.35. The largest absolute Gasteiger partial charge is 0.326 e. The van der Waals surface area contributed by atoms with Crippen molar-refractivity contribution in [2.24, 2.45) is 5.73 Å². The van der Waals surface area contributed by atoms with Gasteiger partial charge in [0, 0.05) is 16.7 Å². The molecule has 0 aliphatic heterocycles. The Balaban J connectivity index is 2.03. The summed E-state index contributed by atoms with van der Waals surface area (Å²) in [5, 5.41) is 0.844. The van der Waals surface area contributed by atoms with E-state index >= 15 is 0 Å². The molecule has 0 radical (unpaired) electrons. The van der Waals surface area contributed by atoms with Crippen LogP contribution in [0.25, 0.3) is 0 Å². The maximum atomic E-state index is 5.65. The summed E-state index contributed by atoms with van der Waals surface area (Å²) in [4.78, 5) is 1.45. The first-order valence-corrected chi connectivity index (χ1v) is 7.14. The Kier molecular flexibility index (Phi) is 4.30. The monoisotopic (exact) mass is 235 g/mol. The molecule has 1 aromatic carbocycles. The van der Waals surface area contributed by atoms with Gasteiger partial charge in [-0.1, -0.05) is 31.4 Å². The Hall–Kier alpha value is -0.470. The molecular weight excluding hydrogens is 214 g/mol. The van der Waals surface area contributed by atoms with Gasteiger partial charge in [-0.15, -0.1) is 11.8 Å². The lowest BCUT2D eigenvalue weighted by Crippen LogP contribution is -2.08. The van der Waals surface area contributed by atoms with E-state index in [0.29, 0.717) is 6.54 Å². The molecule has 1 saturated carbocycles. The molecule has 2 rings (SSSR count). The predicted octanol–water partition coefficient (Wildman–Crippen LogP) is 3.88. The number of benzene rings is 1. The third kappa shape index (κ3) is 3.02. The van der Waals surface area contributed by atoms with Crippen molar-refractivity contribution < 1.29 is 0 Å². The maximum absolute atomic E-state index is 5.65. The number of hydrogen-bond donors (Lipinski definition) is 1. The first kappa shape index (κ1) is 12.0. The van der Waals surface area contributed by atoms with E-state index in [-0.39, 0.29) is 0 Å². The predicted molar refractivity (Wildman–Crippen MR) is 71.8 cm³/mol. The Labute approximate surface area is 103 Å². The van der Waals surface area contributed by atoms with Gasteiger partial charge in [0.15, 0.2) is 0 Å². The number of rotatable bonds is 3. The van der Waals surface area contributed by atoms with Crippen LogP contribution in [0.5, 0.6) is 0 Å². The lowest BCUT2D eigenvalue weighted by atomic mass is 10.0. The van der Waals surface area contributed by atoms with Crippen LogP contribution in [0.15, 0.2) is 23.1 Å². The van der Waals surface area contributed by atoms with Crippen LogP contribution >= 0.6 is 11.8 Å². The summed E-state index contributed by atoms with van der Waals surface area (Å²) in [5.74, 6) is 0. The summed E-state index contributed by atoms with van der Waals surface area (Å²) in [6.45, 7) is 2.85. The van der Waals surface area contributed by atoms with E-state index in [1.807, 2.05) is 0 Å². The minimum atomic E-state index is 0.648. The second kappa shape index (κ2) is 5.74. The zero-order valence-electron chi connectivity index (χ0n) is 10.0. The molecule has 0 aromatic heterocycles. The van der Waals surface area contributed by atoms with Gasteiger partial charge in [-0.3, -0.25) is 0 Å². The molecule has 1 aliphatic rings. The summed E-state index contributed by atoms with van der Waals surface area (Å²) in [6, 6.07) is 6.64. The van der Waals surface area contributed by atoms with E-state index in [2.05, 4.69) is 36.9 Å². The highest BCUT2D eigenvalue weighted by Gasteiger charge is 2.15. The number of nitrogens with two attached hydrogens (primary N) is 1. The van der Waals surface area contributed by atoms with Gasteiger partial charge in [-0.05, 0) is 37.0 Å². The SMILES string of the molecule is Cc1cc(CN)ccc1SC1CCCCC1. The van der Waals surface area contributed by atoms with E-state index < -0.39 is 0 Å². The van der Waals surface area contributed by atoms with E-state index in [1.165, 1.54) is 48.1 Å². The molecule has 1 fully saturated rings. The third-order valence-corrected chi connectivity index (χ3v) is 4.84. The quantitative estimate of drug-likeness (QED) is 0.860.